The largest absolute Gasteiger partial charge is 0.756 e. The molecular weight excluding hydrogens is 1320 g/mol. The molecule has 5 rings (SSSR count). The van der Waals surface area contributed by atoms with Crippen molar-refractivity contribution in [3.8, 4) is 0 Å². The predicted molar refractivity (Wildman–Crippen MR) is 392 cm³/mol. The number of phosphoric ester groups is 2. The number of hydrogen-bond acceptors (Lipinski definition) is 24. The first kappa shape index (κ1) is 89.7. The van der Waals surface area contributed by atoms with Crippen LogP contribution < -0.4 is 53.1 Å². The summed E-state index contributed by atoms with van der Waals surface area (Å²) in [5.41, 5.74) is 19.5. The number of aromatic nitrogens is 3. The molecule has 100 heavy (non-hydrogen) atoms. The molecule has 0 aliphatic carbocycles. The molecule has 2 unspecified atom stereocenters. The van der Waals surface area contributed by atoms with Crippen LogP contribution in [0.4, 0.5) is 17.5 Å². The predicted octanol–water partition coefficient (Wildman–Crippen LogP) is 11.8. The molecule has 3 heterocycles. The lowest BCUT2D eigenvalue weighted by atomic mass is 10.1. The van der Waals surface area contributed by atoms with Gasteiger partial charge in [0.15, 0.2) is 5.78 Å². The van der Waals surface area contributed by atoms with Crippen LogP contribution in [-0.4, -0.2) is 128 Å². The number of nitrogens with zero attached hydrogens (tertiary/aromatic N) is 6. The van der Waals surface area contributed by atoms with Gasteiger partial charge >= 0.3 is 0 Å². The molecule has 0 bridgehead atoms. The van der Waals surface area contributed by atoms with Gasteiger partial charge in [-0.2, -0.15) is 15.3 Å². The zero-order valence-corrected chi connectivity index (χ0v) is 61.6. The molecule has 0 spiro atoms. The summed E-state index contributed by atoms with van der Waals surface area (Å²) >= 11 is 0. The normalized spacial score (nSPS) is 11.6. The van der Waals surface area contributed by atoms with Crippen molar-refractivity contribution in [2.45, 2.75) is 165 Å². The summed E-state index contributed by atoms with van der Waals surface area (Å²) in [6.07, 6.45) is 23.2. The second-order valence-corrected chi connectivity index (χ2v) is 25.6. The first-order chi connectivity index (χ1) is 48.0. The number of carbonyl (C=O) groups excluding carboxylic acids is 6. The van der Waals surface area contributed by atoms with Crippen LogP contribution in [0.5, 0.6) is 0 Å². The monoisotopic (exact) mass is 1430 g/mol. The molecule has 9 N–H and O–H groups in total. The molecular formula is C70H106N14O14P2-2. The SMILES string of the molecule is CC(=O)c1ccc(NN=C(C)C)nc1.CCCCCN.CCCCCNC(=O)c1ccc(N/N=C/c2ccc(C(=O)NCCCCCCOP(=O)([O-])OC)cc2)nc1.CCCCCNC(=O)c1ccc(NN=C(C)C)nc1.COP(=O)([O-])OCCCCCCNC(=O)c1ccc(C=O)cc1. The number of Topliss-reactive ketones (excluding diaryl/α,β-unsaturated/α-hetero) is 1. The lowest BCUT2D eigenvalue weighted by molar-refractivity contribution is -0.224. The Labute approximate surface area is 590 Å². The van der Waals surface area contributed by atoms with Gasteiger partial charge in [-0.15, -0.1) is 0 Å². The number of nitrogens with one attached hydrogen (secondary N) is 7. The fourth-order valence-corrected chi connectivity index (χ4v) is 8.70. The number of hydrogen-bond donors (Lipinski definition) is 8. The van der Waals surface area contributed by atoms with Crippen molar-refractivity contribution in [3.63, 3.8) is 0 Å². The van der Waals surface area contributed by atoms with E-state index < -0.39 is 15.6 Å². The van der Waals surface area contributed by atoms with Crippen molar-refractivity contribution in [1.82, 2.24) is 36.2 Å². The van der Waals surface area contributed by atoms with Gasteiger partial charge in [0.1, 0.15) is 23.7 Å². The maximum absolute atomic E-state index is 12.3. The Bertz CT molecular complexity index is 3280. The van der Waals surface area contributed by atoms with Crippen LogP contribution in [0.2, 0.25) is 0 Å². The van der Waals surface area contributed by atoms with E-state index in [9.17, 15) is 47.7 Å². The molecule has 28 nitrogen and oxygen atoms in total. The number of amides is 4. The maximum Gasteiger partial charge on any atom is 0.267 e. The van der Waals surface area contributed by atoms with Crippen molar-refractivity contribution in [2.24, 2.45) is 21.0 Å². The van der Waals surface area contributed by atoms with Crippen molar-refractivity contribution in [3.05, 3.63) is 142 Å². The number of aldehydes is 1. The van der Waals surface area contributed by atoms with Gasteiger partial charge in [0.05, 0.1) is 30.6 Å². The molecule has 0 saturated heterocycles. The highest BCUT2D eigenvalue weighted by Crippen LogP contribution is 2.37. The minimum absolute atomic E-state index is 0.0132. The molecule has 0 fully saturated rings. The topological polar surface area (TPSA) is 406 Å². The number of phosphoric acid groups is 2. The van der Waals surface area contributed by atoms with Gasteiger partial charge in [-0.25, -0.2) is 15.0 Å². The Morgan fingerprint density at radius 3 is 1.10 bits per heavy atom. The Morgan fingerprint density at radius 2 is 0.780 bits per heavy atom. The Kier molecular flexibility index (Phi) is 49.8. The quantitative estimate of drug-likeness (QED) is 0.00449. The van der Waals surface area contributed by atoms with Gasteiger partial charge in [-0.3, -0.25) is 54.2 Å². The van der Waals surface area contributed by atoms with Crippen molar-refractivity contribution >= 4 is 86.4 Å². The summed E-state index contributed by atoms with van der Waals surface area (Å²) in [6.45, 7) is 19.0. The van der Waals surface area contributed by atoms with Crippen LogP contribution in [0.25, 0.3) is 0 Å². The summed E-state index contributed by atoms with van der Waals surface area (Å²) in [7, 11) is -6.14. The molecule has 0 aliphatic heterocycles. The van der Waals surface area contributed by atoms with E-state index in [1.54, 1.807) is 97.3 Å². The van der Waals surface area contributed by atoms with E-state index in [4.69, 9.17) is 5.73 Å². The van der Waals surface area contributed by atoms with Gasteiger partial charge in [-0.1, -0.05) is 109 Å². The molecule has 4 amide bonds. The van der Waals surface area contributed by atoms with Crippen LogP contribution >= 0.6 is 15.6 Å². The summed E-state index contributed by atoms with van der Waals surface area (Å²) in [6, 6.07) is 23.7. The van der Waals surface area contributed by atoms with Crippen molar-refractivity contribution < 1.29 is 65.8 Å². The van der Waals surface area contributed by atoms with Gasteiger partial charge in [0.2, 0.25) is 0 Å². The third-order valence-electron chi connectivity index (χ3n) is 13.5. The number of rotatable bonds is 42. The summed E-state index contributed by atoms with van der Waals surface area (Å²) in [5, 5.41) is 23.6. The zero-order chi connectivity index (χ0) is 74.2. The van der Waals surface area contributed by atoms with Crippen LogP contribution in [0, 0.1) is 0 Å². The number of nitrogens with two attached hydrogens (primary N) is 1. The average molecular weight is 1430 g/mol. The van der Waals surface area contributed by atoms with Crippen molar-refractivity contribution in [1.29, 1.82) is 0 Å². The number of unbranched alkanes of at least 4 members (excludes halogenated alkanes) is 12. The van der Waals surface area contributed by atoms with E-state index in [1.165, 1.54) is 38.6 Å². The van der Waals surface area contributed by atoms with Crippen LogP contribution in [0.3, 0.4) is 0 Å². The Hall–Kier alpha value is -8.30. The van der Waals surface area contributed by atoms with Crippen molar-refractivity contribution in [2.75, 3.05) is 76.4 Å². The minimum atomic E-state index is -4.15. The van der Waals surface area contributed by atoms with Crippen LogP contribution in [0.1, 0.15) is 232 Å². The molecule has 3 aromatic heterocycles. The van der Waals surface area contributed by atoms with Gasteiger partial charge < -0.3 is 54.9 Å². The fourth-order valence-electron chi connectivity index (χ4n) is 7.78. The molecule has 552 valence electrons. The summed E-state index contributed by atoms with van der Waals surface area (Å²) in [5.74, 6) is 1.22. The molecule has 0 radical (unpaired) electrons. The minimum Gasteiger partial charge on any atom is -0.756 e. The Balaban J connectivity index is 0.000000689. The van der Waals surface area contributed by atoms with Crippen LogP contribution in [0.15, 0.2) is 119 Å². The highest BCUT2D eigenvalue weighted by Gasteiger charge is 2.11. The summed E-state index contributed by atoms with van der Waals surface area (Å²) < 4.78 is 39.6. The van der Waals surface area contributed by atoms with Gasteiger partial charge in [-0.05, 0) is 152 Å². The lowest BCUT2D eigenvalue weighted by Crippen LogP contribution is -2.24. The third kappa shape index (κ3) is 45.4. The molecule has 5 aromatic rings. The van der Waals surface area contributed by atoms with Crippen LogP contribution in [-0.2, 0) is 27.2 Å². The lowest BCUT2D eigenvalue weighted by Gasteiger charge is -2.19. The molecule has 2 aromatic carbocycles. The summed E-state index contributed by atoms with van der Waals surface area (Å²) in [4.78, 5) is 104. The number of pyridine rings is 3. The second kappa shape index (κ2) is 55.5. The van der Waals surface area contributed by atoms with E-state index in [-0.39, 0.29) is 42.6 Å². The fraction of sp³-hybridized carbons (Fsp3) is 0.486. The number of anilines is 3. The number of hydrazone groups is 3. The van der Waals surface area contributed by atoms with Gasteiger partial charge in [0, 0.05) is 92.7 Å². The highest BCUT2D eigenvalue weighted by atomic mass is 31.2. The van der Waals surface area contributed by atoms with E-state index in [1.807, 2.05) is 27.7 Å². The molecule has 0 saturated carbocycles. The first-order valence-electron chi connectivity index (χ1n) is 33.7. The number of carbonyl (C=O) groups is 6. The van der Waals surface area contributed by atoms with E-state index in [0.717, 1.165) is 121 Å². The van der Waals surface area contributed by atoms with E-state index in [0.29, 0.717) is 89.9 Å². The average Bonchev–Trinajstić information content (AvgIpc) is 1.00. The number of ketones is 1. The van der Waals surface area contributed by atoms with E-state index >= 15 is 0 Å². The highest BCUT2D eigenvalue weighted by molar-refractivity contribution is 7.46. The maximum atomic E-state index is 12.3. The first-order valence-corrected chi connectivity index (χ1v) is 36.6. The molecule has 30 heteroatoms. The zero-order valence-electron chi connectivity index (χ0n) is 59.8. The Morgan fingerprint density at radius 1 is 0.450 bits per heavy atom. The number of benzene rings is 2. The van der Waals surface area contributed by atoms with E-state index in [2.05, 4.69) is 107 Å². The third-order valence-corrected chi connectivity index (χ3v) is 15.4. The standard InChI is InChI=1S/C26H38N5O6P.C15H22NO6P.C14H22N4O.C10H13N3O.C5H13N/c1-3-4-7-16-28-26(33)23-14-15-24(29-20-23)31-30-19-21-10-12-22(13-11-21)25(32)27-17-8-5-6-9-18-37-38(34,35)36-2;1-21-23(19,20)22-11-5-3-2-4-10-16-15(18)14-8-6-13(12-17)7-9-14;1-4-5-6-9-15-14(19)12-7-8-13(16-10-12)18-17-11(2)3;1-7(2)12-13-10-5-4-9(6-11-10)8(3)14;1-2-3-4-5-6/h10-15,19-20H,3-9,16-18H2,1-2H3,(H,27,32)(H,28,33)(H,29,31)(H,34,35);6-9,12H,2-5,10-11H2,1H3,(H,16,18)(H,19,20);7-8,10H,4-6,9H2,1-3H3,(H,15,19)(H,16,18);4-6H,1-3H3,(H,11,13);2-6H2,1H3/p-2/b30-19+;;;;. The molecule has 0 aliphatic rings. The smallest absolute Gasteiger partial charge is 0.267 e. The van der Waals surface area contributed by atoms with Gasteiger partial charge in [0.25, 0.3) is 39.3 Å². The second-order valence-electron chi connectivity index (χ2n) is 22.6. The molecule has 2 atom stereocenters.